The third kappa shape index (κ3) is 7.42. The molecule has 0 bridgehead atoms. The van der Waals surface area contributed by atoms with Gasteiger partial charge in [0.15, 0.2) is 5.78 Å². The van der Waals surface area contributed by atoms with Gasteiger partial charge in [0.25, 0.3) is 0 Å². The second kappa shape index (κ2) is 12.8. The van der Waals surface area contributed by atoms with Gasteiger partial charge in [-0.2, -0.15) is 0 Å². The van der Waals surface area contributed by atoms with Gasteiger partial charge >= 0.3 is 12.1 Å². The zero-order valence-corrected chi connectivity index (χ0v) is 25.3. The predicted molar refractivity (Wildman–Crippen MR) is 159 cm³/mol. The van der Waals surface area contributed by atoms with Gasteiger partial charge in [-0.1, -0.05) is 12.1 Å². The van der Waals surface area contributed by atoms with E-state index >= 15 is 0 Å². The van der Waals surface area contributed by atoms with Gasteiger partial charge in [0.2, 0.25) is 5.88 Å². The summed E-state index contributed by atoms with van der Waals surface area (Å²) in [6, 6.07) is 7.07. The van der Waals surface area contributed by atoms with Crippen LogP contribution in [-0.2, 0) is 20.7 Å². The maximum absolute atomic E-state index is 12.7. The van der Waals surface area contributed by atoms with Gasteiger partial charge in [-0.15, -0.1) is 0 Å². The zero-order chi connectivity index (χ0) is 30.7. The number of carboxylic acid groups (broad SMARTS) is 1. The normalized spacial score (nSPS) is 21.2. The van der Waals surface area contributed by atoms with Crippen molar-refractivity contribution in [1.82, 2.24) is 25.1 Å². The molecule has 2 aromatic rings. The number of pyridine rings is 2. The molecule has 3 N–H and O–H groups in total. The van der Waals surface area contributed by atoms with E-state index < -0.39 is 23.7 Å². The fourth-order valence-corrected chi connectivity index (χ4v) is 6.07. The maximum Gasteiger partial charge on any atom is 0.411 e. The Morgan fingerprint density at radius 2 is 2.00 bits per heavy atom. The second-order valence-corrected chi connectivity index (χ2v) is 12.6. The molecule has 2 fully saturated rings. The van der Waals surface area contributed by atoms with E-state index in [1.807, 2.05) is 39.0 Å². The number of carbonyl (C=O) groups excluding carboxylic acids is 2. The number of hydrogen-bond acceptors (Lipinski definition) is 10. The van der Waals surface area contributed by atoms with E-state index in [9.17, 15) is 19.5 Å². The summed E-state index contributed by atoms with van der Waals surface area (Å²) >= 11 is 0. The number of hydrogen-bond donors (Lipinski definition) is 3. The highest BCUT2D eigenvalue weighted by Gasteiger charge is 2.48. The van der Waals surface area contributed by atoms with Crippen LogP contribution in [0.1, 0.15) is 68.8 Å². The first-order chi connectivity index (χ1) is 20.5. The van der Waals surface area contributed by atoms with Gasteiger partial charge < -0.3 is 30.1 Å². The number of carbonyl (C=O) groups is 3. The number of anilines is 1. The van der Waals surface area contributed by atoms with Crippen molar-refractivity contribution < 1.29 is 29.0 Å². The minimum Gasteiger partial charge on any atom is -0.481 e. The average molecular weight is 595 g/mol. The quantitative estimate of drug-likeness (QED) is 0.353. The van der Waals surface area contributed by atoms with E-state index in [0.717, 1.165) is 61.5 Å². The Labute approximate surface area is 252 Å². The Hall–Kier alpha value is -3.77. The number of aliphatic carboxylic acids is 1. The minimum atomic E-state index is -0.859. The molecule has 2 saturated heterocycles. The molecule has 12 nitrogen and oxygen atoms in total. The van der Waals surface area contributed by atoms with Crippen molar-refractivity contribution in [3.05, 3.63) is 47.3 Å². The Bertz CT molecular complexity index is 1320. The maximum atomic E-state index is 12.7. The molecule has 43 heavy (non-hydrogen) atoms. The first-order valence-corrected chi connectivity index (χ1v) is 15.0. The smallest absolute Gasteiger partial charge is 0.411 e. The Balaban J connectivity index is 1.10. The number of fused-ring (bicyclic) bond motifs is 1. The van der Waals surface area contributed by atoms with Gasteiger partial charge in [-0.25, -0.2) is 14.8 Å². The number of Topliss-reactive ketones (excluding diaryl/α,β-unsaturated/α-hetero) is 1. The van der Waals surface area contributed by atoms with E-state index in [1.54, 1.807) is 24.3 Å². The van der Waals surface area contributed by atoms with Crippen molar-refractivity contribution in [1.29, 1.82) is 0 Å². The zero-order valence-electron chi connectivity index (χ0n) is 25.3. The number of likely N-dealkylation sites (tertiary alicyclic amines) is 2. The van der Waals surface area contributed by atoms with Crippen LogP contribution in [0.2, 0.25) is 0 Å². The molecule has 5 rings (SSSR count). The fraction of sp³-hybridized carbons (Fsp3) is 0.581. The monoisotopic (exact) mass is 594 g/mol. The number of nitrogens with zero attached hydrogens (tertiary/aromatic N) is 4. The van der Waals surface area contributed by atoms with Crippen LogP contribution in [0.25, 0.3) is 0 Å². The molecule has 0 saturated carbocycles. The van der Waals surface area contributed by atoms with Gasteiger partial charge in [0, 0.05) is 61.2 Å². The summed E-state index contributed by atoms with van der Waals surface area (Å²) in [5, 5.41) is 16.3. The molecule has 2 unspecified atom stereocenters. The number of methoxy groups -OCH3 is 1. The molecule has 3 aliphatic rings. The lowest BCUT2D eigenvalue weighted by molar-refractivity contribution is -0.138. The summed E-state index contributed by atoms with van der Waals surface area (Å²) in [5.74, 6) is 0.390. The lowest BCUT2D eigenvalue weighted by Crippen LogP contribution is -2.63. The standard InChI is InChI=1S/C31H42N6O6/c1-31(2,3)43-30(41)37-18-25(38)28(37)22-11-12-32-29-23(22)9-8-20(35-29)6-5-13-36-16-21(17-36)34-24(14-27(39)40)19-7-10-26(42-4)33-15-19/h7-10,15,21-22,24,28,34H,5-6,11-14,16-18H2,1-4H3,(H,32,35)(H,39,40)/t22?,24-,28?/m0/s1. The van der Waals surface area contributed by atoms with E-state index in [2.05, 4.69) is 20.5 Å². The summed E-state index contributed by atoms with van der Waals surface area (Å²) in [6.07, 6.45) is 3.71. The highest BCUT2D eigenvalue weighted by atomic mass is 16.6. The number of aromatic nitrogens is 2. The predicted octanol–water partition coefficient (Wildman–Crippen LogP) is 3.00. The Kier molecular flexibility index (Phi) is 9.16. The number of nitrogens with one attached hydrogen (secondary N) is 2. The van der Waals surface area contributed by atoms with Crippen LogP contribution in [0.3, 0.4) is 0 Å². The topological polar surface area (TPSA) is 146 Å². The van der Waals surface area contributed by atoms with Crippen molar-refractivity contribution in [2.24, 2.45) is 0 Å². The largest absolute Gasteiger partial charge is 0.481 e. The van der Waals surface area contributed by atoms with Crippen LogP contribution in [0.5, 0.6) is 5.88 Å². The Morgan fingerprint density at radius 3 is 2.65 bits per heavy atom. The van der Waals surface area contributed by atoms with Crippen LogP contribution >= 0.6 is 0 Å². The molecule has 0 aliphatic carbocycles. The number of rotatable bonds is 11. The lowest BCUT2D eigenvalue weighted by atomic mass is 9.79. The molecule has 3 atom stereocenters. The first-order valence-electron chi connectivity index (χ1n) is 15.0. The summed E-state index contributed by atoms with van der Waals surface area (Å²) in [6.45, 7) is 8.88. The van der Waals surface area contributed by atoms with Crippen molar-refractivity contribution in [3.63, 3.8) is 0 Å². The summed E-state index contributed by atoms with van der Waals surface area (Å²) in [5.41, 5.74) is 2.17. The summed E-state index contributed by atoms with van der Waals surface area (Å²) in [4.78, 5) is 49.8. The number of aryl methyl sites for hydroxylation is 1. The second-order valence-electron chi connectivity index (χ2n) is 12.6. The highest BCUT2D eigenvalue weighted by Crippen LogP contribution is 2.39. The van der Waals surface area contributed by atoms with Crippen LogP contribution in [0.4, 0.5) is 10.6 Å². The molecule has 3 aliphatic heterocycles. The third-order valence-electron chi connectivity index (χ3n) is 8.18. The number of ketones is 1. The molecule has 232 valence electrons. The van der Waals surface area contributed by atoms with E-state index in [0.29, 0.717) is 12.4 Å². The molecular formula is C31H42N6O6. The Morgan fingerprint density at radius 1 is 1.21 bits per heavy atom. The van der Waals surface area contributed by atoms with Crippen molar-refractivity contribution in [2.75, 3.05) is 45.2 Å². The lowest BCUT2D eigenvalue weighted by Gasteiger charge is -2.45. The summed E-state index contributed by atoms with van der Waals surface area (Å²) < 4.78 is 10.6. The molecule has 0 radical (unpaired) electrons. The molecular weight excluding hydrogens is 552 g/mol. The fourth-order valence-electron chi connectivity index (χ4n) is 6.07. The van der Waals surface area contributed by atoms with Crippen LogP contribution in [0, 0.1) is 0 Å². The third-order valence-corrected chi connectivity index (χ3v) is 8.18. The molecule has 2 aromatic heterocycles. The van der Waals surface area contributed by atoms with Crippen molar-refractivity contribution >= 4 is 23.7 Å². The minimum absolute atomic E-state index is 0.0165. The number of amides is 1. The SMILES string of the molecule is COc1ccc([C@H](CC(=O)O)NC2CN(CCCc3ccc4c(n3)NCCC4C3C(=O)CN3C(=O)OC(C)(C)C)C2)cn1. The number of ether oxygens (including phenoxy) is 2. The average Bonchev–Trinajstić information content (AvgIpc) is 2.92. The molecule has 1 amide bonds. The molecule has 0 aromatic carbocycles. The van der Waals surface area contributed by atoms with Gasteiger partial charge in [-0.05, 0) is 58.2 Å². The van der Waals surface area contributed by atoms with Crippen LogP contribution in [0.15, 0.2) is 30.5 Å². The van der Waals surface area contributed by atoms with E-state index in [1.165, 1.54) is 0 Å². The van der Waals surface area contributed by atoms with Gasteiger partial charge in [0.05, 0.1) is 20.1 Å². The van der Waals surface area contributed by atoms with Crippen LogP contribution < -0.4 is 15.4 Å². The first kappa shape index (κ1) is 30.7. The van der Waals surface area contributed by atoms with E-state index in [-0.39, 0.29) is 36.8 Å². The van der Waals surface area contributed by atoms with Gasteiger partial charge in [-0.3, -0.25) is 14.5 Å². The van der Waals surface area contributed by atoms with Crippen LogP contribution in [-0.4, -0.2) is 100 Å². The summed E-state index contributed by atoms with van der Waals surface area (Å²) in [7, 11) is 1.55. The van der Waals surface area contributed by atoms with Crippen molar-refractivity contribution in [3.8, 4) is 5.88 Å². The van der Waals surface area contributed by atoms with Gasteiger partial charge in [0.1, 0.15) is 17.5 Å². The molecule has 12 heteroatoms. The van der Waals surface area contributed by atoms with Crippen molar-refractivity contribution in [2.45, 2.75) is 76.1 Å². The molecule has 0 spiro atoms. The van der Waals surface area contributed by atoms with E-state index in [4.69, 9.17) is 14.5 Å². The number of carboxylic acids is 1. The highest BCUT2D eigenvalue weighted by molar-refractivity contribution is 5.98. The molecule has 5 heterocycles.